The van der Waals surface area contributed by atoms with E-state index in [1.165, 1.54) is 5.56 Å². The molecule has 0 aliphatic carbocycles. The highest BCUT2D eigenvalue weighted by atomic mass is 15.3. The average molecular weight is 216 g/mol. The summed E-state index contributed by atoms with van der Waals surface area (Å²) < 4.78 is 1.86. The van der Waals surface area contributed by atoms with Crippen LogP contribution in [0.3, 0.4) is 0 Å². The van der Waals surface area contributed by atoms with Gasteiger partial charge in [-0.1, -0.05) is 6.07 Å². The van der Waals surface area contributed by atoms with Crippen LogP contribution in [0.1, 0.15) is 17.0 Å². The molecule has 2 aromatic heterocycles. The molecule has 0 bridgehead atoms. The first-order valence-electron chi connectivity index (χ1n) is 5.32. The van der Waals surface area contributed by atoms with E-state index in [0.29, 0.717) is 0 Å². The lowest BCUT2D eigenvalue weighted by Gasteiger charge is -2.05. The summed E-state index contributed by atoms with van der Waals surface area (Å²) in [7, 11) is 1.94. The number of nitrogens with one attached hydrogen (secondary N) is 1. The number of hydrogen-bond donors (Lipinski definition) is 1. The zero-order valence-electron chi connectivity index (χ0n) is 9.86. The fourth-order valence-electron chi connectivity index (χ4n) is 1.54. The highest BCUT2D eigenvalue weighted by molar-refractivity contribution is 5.37. The Morgan fingerprint density at radius 3 is 2.81 bits per heavy atom. The summed E-state index contributed by atoms with van der Waals surface area (Å²) in [6.07, 6.45) is 1.81. The Bertz CT molecular complexity index is 468. The molecule has 0 radical (unpaired) electrons. The van der Waals surface area contributed by atoms with Gasteiger partial charge in [0, 0.05) is 37.2 Å². The summed E-state index contributed by atoms with van der Waals surface area (Å²) in [5, 5.41) is 7.63. The summed E-state index contributed by atoms with van der Waals surface area (Å²) in [6.45, 7) is 4.81. The average Bonchev–Trinajstić information content (AvgIpc) is 2.57. The highest BCUT2D eigenvalue weighted by Gasteiger charge is 2.02. The van der Waals surface area contributed by atoms with Gasteiger partial charge in [-0.25, -0.2) is 0 Å². The molecule has 0 amide bonds. The lowest BCUT2D eigenvalue weighted by atomic mass is 10.2. The number of nitrogens with zero attached hydrogens (tertiary/aromatic N) is 3. The van der Waals surface area contributed by atoms with Crippen molar-refractivity contribution < 1.29 is 0 Å². The van der Waals surface area contributed by atoms with Gasteiger partial charge >= 0.3 is 0 Å². The normalized spacial score (nSPS) is 10.4. The summed E-state index contributed by atoms with van der Waals surface area (Å²) in [5.41, 5.74) is 3.40. The fraction of sp³-hybridized carbons (Fsp3) is 0.333. The Labute approximate surface area is 95.3 Å². The van der Waals surface area contributed by atoms with Gasteiger partial charge in [0.2, 0.25) is 0 Å². The number of rotatable bonds is 3. The maximum atomic E-state index is 4.34. The minimum absolute atomic E-state index is 0.760. The van der Waals surface area contributed by atoms with Crippen molar-refractivity contribution in [2.24, 2.45) is 7.05 Å². The molecule has 0 aliphatic heterocycles. The van der Waals surface area contributed by atoms with Crippen LogP contribution in [0.4, 0.5) is 5.82 Å². The molecule has 0 unspecified atom stereocenters. The van der Waals surface area contributed by atoms with Crippen LogP contribution in [0.2, 0.25) is 0 Å². The fourth-order valence-corrected chi connectivity index (χ4v) is 1.54. The number of aromatic nitrogens is 3. The van der Waals surface area contributed by atoms with Crippen molar-refractivity contribution in [1.82, 2.24) is 14.8 Å². The van der Waals surface area contributed by atoms with Crippen molar-refractivity contribution in [1.29, 1.82) is 0 Å². The van der Waals surface area contributed by atoms with Crippen LogP contribution in [0.15, 0.2) is 24.4 Å². The SMILES string of the molecule is Cc1ncccc1CNc1cc(C)n(C)n1. The van der Waals surface area contributed by atoms with Crippen molar-refractivity contribution in [2.45, 2.75) is 20.4 Å². The van der Waals surface area contributed by atoms with Crippen molar-refractivity contribution in [2.75, 3.05) is 5.32 Å². The van der Waals surface area contributed by atoms with Crippen LogP contribution in [0.25, 0.3) is 0 Å². The first-order chi connectivity index (χ1) is 7.66. The van der Waals surface area contributed by atoms with Crippen molar-refractivity contribution in [3.05, 3.63) is 41.3 Å². The summed E-state index contributed by atoms with van der Waals surface area (Å²) >= 11 is 0. The molecule has 2 heterocycles. The predicted molar refractivity (Wildman–Crippen MR) is 64.2 cm³/mol. The summed E-state index contributed by atoms with van der Waals surface area (Å²) in [6, 6.07) is 6.06. The smallest absolute Gasteiger partial charge is 0.148 e. The van der Waals surface area contributed by atoms with Gasteiger partial charge in [0.25, 0.3) is 0 Å². The summed E-state index contributed by atoms with van der Waals surface area (Å²) in [4.78, 5) is 4.25. The van der Waals surface area contributed by atoms with Crippen molar-refractivity contribution in [3.8, 4) is 0 Å². The Hall–Kier alpha value is -1.84. The molecular weight excluding hydrogens is 200 g/mol. The largest absolute Gasteiger partial charge is 0.364 e. The Balaban J connectivity index is 2.05. The molecule has 0 fully saturated rings. The lowest BCUT2D eigenvalue weighted by molar-refractivity contribution is 0.741. The standard InChI is InChI=1S/C12H16N4/c1-9-7-12(15-16(9)3)14-8-11-5-4-6-13-10(11)2/h4-7H,8H2,1-3H3,(H,14,15). The highest BCUT2D eigenvalue weighted by Crippen LogP contribution is 2.10. The molecule has 0 aromatic carbocycles. The second kappa shape index (κ2) is 4.35. The van der Waals surface area contributed by atoms with E-state index in [9.17, 15) is 0 Å². The van der Waals surface area contributed by atoms with E-state index in [-0.39, 0.29) is 0 Å². The van der Waals surface area contributed by atoms with E-state index in [2.05, 4.69) is 21.5 Å². The first-order valence-corrected chi connectivity index (χ1v) is 5.32. The third-order valence-corrected chi connectivity index (χ3v) is 2.69. The molecule has 2 rings (SSSR count). The molecule has 4 nitrogen and oxygen atoms in total. The molecule has 84 valence electrons. The van der Waals surface area contributed by atoms with Crippen LogP contribution < -0.4 is 5.32 Å². The van der Waals surface area contributed by atoms with Gasteiger partial charge in [0.1, 0.15) is 5.82 Å². The number of anilines is 1. The van der Waals surface area contributed by atoms with Crippen molar-refractivity contribution >= 4 is 5.82 Å². The molecule has 4 heteroatoms. The zero-order valence-corrected chi connectivity index (χ0v) is 9.86. The monoisotopic (exact) mass is 216 g/mol. The third-order valence-electron chi connectivity index (χ3n) is 2.69. The van der Waals surface area contributed by atoms with Gasteiger partial charge in [-0.2, -0.15) is 5.10 Å². The second-order valence-electron chi connectivity index (χ2n) is 3.90. The van der Waals surface area contributed by atoms with E-state index < -0.39 is 0 Å². The van der Waals surface area contributed by atoms with Crippen LogP contribution in [0, 0.1) is 13.8 Å². The molecule has 0 atom stereocenters. The van der Waals surface area contributed by atoms with Gasteiger partial charge in [0.05, 0.1) is 0 Å². The molecule has 0 saturated heterocycles. The predicted octanol–water partition coefficient (Wildman–Crippen LogP) is 2.04. The van der Waals surface area contributed by atoms with E-state index in [1.807, 2.05) is 43.9 Å². The van der Waals surface area contributed by atoms with Gasteiger partial charge < -0.3 is 5.32 Å². The topological polar surface area (TPSA) is 42.7 Å². The Morgan fingerprint density at radius 1 is 1.38 bits per heavy atom. The summed E-state index contributed by atoms with van der Waals surface area (Å²) in [5.74, 6) is 0.906. The minimum atomic E-state index is 0.760. The van der Waals surface area contributed by atoms with E-state index in [1.54, 1.807) is 0 Å². The van der Waals surface area contributed by atoms with Gasteiger partial charge in [-0.15, -0.1) is 0 Å². The van der Waals surface area contributed by atoms with Crippen LogP contribution in [0.5, 0.6) is 0 Å². The molecular formula is C12H16N4. The lowest BCUT2D eigenvalue weighted by Crippen LogP contribution is -2.03. The van der Waals surface area contributed by atoms with E-state index in [0.717, 1.165) is 23.8 Å². The Morgan fingerprint density at radius 2 is 2.19 bits per heavy atom. The van der Waals surface area contributed by atoms with Gasteiger partial charge in [-0.05, 0) is 25.5 Å². The maximum Gasteiger partial charge on any atom is 0.148 e. The molecule has 1 N–H and O–H groups in total. The first kappa shape index (κ1) is 10.7. The number of pyridine rings is 1. The third kappa shape index (κ3) is 2.21. The zero-order chi connectivity index (χ0) is 11.5. The Kier molecular flexibility index (Phi) is 2.90. The molecule has 16 heavy (non-hydrogen) atoms. The van der Waals surface area contributed by atoms with E-state index >= 15 is 0 Å². The van der Waals surface area contributed by atoms with Gasteiger partial charge in [0.15, 0.2) is 0 Å². The minimum Gasteiger partial charge on any atom is -0.364 e. The van der Waals surface area contributed by atoms with Crippen molar-refractivity contribution in [3.63, 3.8) is 0 Å². The molecule has 0 spiro atoms. The van der Waals surface area contributed by atoms with Crippen LogP contribution >= 0.6 is 0 Å². The molecule has 2 aromatic rings. The number of hydrogen-bond acceptors (Lipinski definition) is 3. The maximum absolute atomic E-state index is 4.34. The molecule has 0 saturated carbocycles. The quantitative estimate of drug-likeness (QED) is 0.853. The second-order valence-corrected chi connectivity index (χ2v) is 3.90. The molecule has 0 aliphatic rings. The number of aryl methyl sites for hydroxylation is 3. The van der Waals surface area contributed by atoms with Crippen LogP contribution in [-0.2, 0) is 13.6 Å². The van der Waals surface area contributed by atoms with Gasteiger partial charge in [-0.3, -0.25) is 9.67 Å². The van der Waals surface area contributed by atoms with E-state index in [4.69, 9.17) is 0 Å². The van der Waals surface area contributed by atoms with Crippen LogP contribution in [-0.4, -0.2) is 14.8 Å².